The molecule has 1 amide bonds. The van der Waals surface area contributed by atoms with Crippen molar-refractivity contribution in [3.63, 3.8) is 0 Å². The van der Waals surface area contributed by atoms with Crippen molar-refractivity contribution in [2.75, 3.05) is 20.8 Å². The van der Waals surface area contributed by atoms with E-state index in [1.165, 1.54) is 0 Å². The lowest BCUT2D eigenvalue weighted by Crippen LogP contribution is -2.38. The second-order valence-electron chi connectivity index (χ2n) is 6.28. The van der Waals surface area contributed by atoms with Crippen LogP contribution >= 0.6 is 39.7 Å². The van der Waals surface area contributed by atoms with Crippen LogP contribution in [0.15, 0.2) is 34.8 Å². The van der Waals surface area contributed by atoms with E-state index in [0.29, 0.717) is 45.5 Å². The highest BCUT2D eigenvalue weighted by molar-refractivity contribution is 9.10. The monoisotopic (exact) mass is 514 g/mol. The maximum Gasteiger partial charge on any atom is 0.257 e. The zero-order valence-electron chi connectivity index (χ0n) is 17.0. The van der Waals surface area contributed by atoms with Gasteiger partial charge in [-0.25, -0.2) is 0 Å². The normalized spacial score (nSPS) is 10.3. The molecule has 6 nitrogen and oxygen atoms in total. The third kappa shape index (κ3) is 6.75. The molecule has 162 valence electrons. The number of methoxy groups -OCH3 is 2. The van der Waals surface area contributed by atoms with E-state index in [2.05, 4.69) is 33.5 Å². The highest BCUT2D eigenvalue weighted by atomic mass is 79.9. The number of hydrogen-bond acceptors (Lipinski definition) is 5. The molecule has 0 aliphatic carbocycles. The SMILES string of the molecule is CCCCOc1ccc(C(=O)NC(=S)NCc2cc(OC)c(OC)cc2Cl)cc1Br. The number of nitrogens with one attached hydrogen (secondary N) is 2. The molecule has 0 unspecified atom stereocenters. The summed E-state index contributed by atoms with van der Waals surface area (Å²) in [5.74, 6) is 1.46. The molecule has 2 N–H and O–H groups in total. The minimum Gasteiger partial charge on any atom is -0.493 e. The van der Waals surface area contributed by atoms with Gasteiger partial charge in [-0.1, -0.05) is 24.9 Å². The van der Waals surface area contributed by atoms with E-state index in [1.807, 2.05) is 0 Å². The van der Waals surface area contributed by atoms with Crippen molar-refractivity contribution in [2.45, 2.75) is 26.3 Å². The van der Waals surface area contributed by atoms with Crippen LogP contribution in [0.2, 0.25) is 5.02 Å². The number of carbonyl (C=O) groups excluding carboxylic acids is 1. The van der Waals surface area contributed by atoms with Crippen LogP contribution in [0.4, 0.5) is 0 Å². The Morgan fingerprint density at radius 3 is 2.47 bits per heavy atom. The highest BCUT2D eigenvalue weighted by Gasteiger charge is 2.13. The zero-order chi connectivity index (χ0) is 22.1. The summed E-state index contributed by atoms with van der Waals surface area (Å²) in [4.78, 5) is 12.5. The van der Waals surface area contributed by atoms with Crippen LogP contribution < -0.4 is 24.8 Å². The Bertz CT molecular complexity index is 911. The van der Waals surface area contributed by atoms with Gasteiger partial charge in [0.05, 0.1) is 25.3 Å². The molecule has 0 bridgehead atoms. The Balaban J connectivity index is 1.95. The van der Waals surface area contributed by atoms with Gasteiger partial charge in [-0.3, -0.25) is 10.1 Å². The topological polar surface area (TPSA) is 68.8 Å². The van der Waals surface area contributed by atoms with Gasteiger partial charge in [0.15, 0.2) is 16.6 Å². The average Bonchev–Trinajstić information content (AvgIpc) is 2.73. The van der Waals surface area contributed by atoms with Crippen LogP contribution in [0.25, 0.3) is 0 Å². The molecular formula is C21H24BrClN2O4S. The van der Waals surface area contributed by atoms with E-state index in [9.17, 15) is 4.79 Å². The van der Waals surface area contributed by atoms with Crippen LogP contribution in [0.5, 0.6) is 17.2 Å². The number of benzene rings is 2. The molecule has 0 saturated carbocycles. The van der Waals surface area contributed by atoms with Crippen LogP contribution in [0.3, 0.4) is 0 Å². The molecule has 2 aromatic carbocycles. The molecule has 2 aromatic rings. The Hall–Kier alpha value is -2.03. The number of ether oxygens (including phenoxy) is 3. The zero-order valence-corrected chi connectivity index (χ0v) is 20.2. The van der Waals surface area contributed by atoms with E-state index in [4.69, 9.17) is 38.0 Å². The molecule has 2 rings (SSSR count). The number of carbonyl (C=O) groups is 1. The van der Waals surface area contributed by atoms with Gasteiger partial charge in [-0.2, -0.15) is 0 Å². The third-order valence-electron chi connectivity index (χ3n) is 4.17. The molecule has 0 radical (unpaired) electrons. The molecular weight excluding hydrogens is 492 g/mol. The third-order valence-corrected chi connectivity index (χ3v) is 5.39. The first kappa shape index (κ1) is 24.2. The quantitative estimate of drug-likeness (QED) is 0.358. The van der Waals surface area contributed by atoms with Crippen molar-refractivity contribution in [1.29, 1.82) is 0 Å². The Kier molecular flexibility index (Phi) is 9.68. The molecule has 0 heterocycles. The minimum atomic E-state index is -0.327. The van der Waals surface area contributed by atoms with E-state index in [-0.39, 0.29) is 11.0 Å². The summed E-state index contributed by atoms with van der Waals surface area (Å²) in [7, 11) is 3.09. The van der Waals surface area contributed by atoms with E-state index < -0.39 is 0 Å². The van der Waals surface area contributed by atoms with E-state index >= 15 is 0 Å². The lowest BCUT2D eigenvalue weighted by Gasteiger charge is -2.14. The Morgan fingerprint density at radius 1 is 1.13 bits per heavy atom. The van der Waals surface area contributed by atoms with Gasteiger partial charge < -0.3 is 19.5 Å². The van der Waals surface area contributed by atoms with Gasteiger partial charge in [-0.15, -0.1) is 0 Å². The van der Waals surface area contributed by atoms with Crippen molar-refractivity contribution < 1.29 is 19.0 Å². The molecule has 9 heteroatoms. The van der Waals surface area contributed by atoms with Gasteiger partial charge in [0.2, 0.25) is 0 Å². The summed E-state index contributed by atoms with van der Waals surface area (Å²) in [6.45, 7) is 3.04. The minimum absolute atomic E-state index is 0.185. The number of rotatable bonds is 9. The largest absolute Gasteiger partial charge is 0.493 e. The van der Waals surface area contributed by atoms with Crippen molar-refractivity contribution in [3.05, 3.63) is 51.0 Å². The predicted molar refractivity (Wildman–Crippen MR) is 126 cm³/mol. The molecule has 0 spiro atoms. The number of amides is 1. The fourth-order valence-electron chi connectivity index (χ4n) is 2.51. The van der Waals surface area contributed by atoms with Crippen molar-refractivity contribution in [1.82, 2.24) is 10.6 Å². The molecule has 0 aliphatic heterocycles. The number of hydrogen-bond donors (Lipinski definition) is 2. The van der Waals surface area contributed by atoms with Gasteiger partial charge in [0.25, 0.3) is 5.91 Å². The van der Waals surface area contributed by atoms with Gasteiger partial charge in [0.1, 0.15) is 5.75 Å². The van der Waals surface area contributed by atoms with Gasteiger partial charge >= 0.3 is 0 Å². The molecule has 30 heavy (non-hydrogen) atoms. The first-order chi connectivity index (χ1) is 14.4. The van der Waals surface area contributed by atoms with Crippen molar-refractivity contribution >= 4 is 50.8 Å². The summed E-state index contributed by atoms with van der Waals surface area (Å²) >= 11 is 14.9. The number of unbranched alkanes of at least 4 members (excludes halogenated alkanes) is 1. The summed E-state index contributed by atoms with van der Waals surface area (Å²) < 4.78 is 16.9. The fourth-order valence-corrected chi connectivity index (χ4v) is 3.39. The fraction of sp³-hybridized carbons (Fsp3) is 0.333. The summed E-state index contributed by atoms with van der Waals surface area (Å²) in [6, 6.07) is 8.57. The second kappa shape index (κ2) is 12.0. The molecule has 0 fully saturated rings. The van der Waals surface area contributed by atoms with Crippen LogP contribution in [0, 0.1) is 0 Å². The van der Waals surface area contributed by atoms with Gasteiger partial charge in [0, 0.05) is 23.2 Å². The Morgan fingerprint density at radius 2 is 1.83 bits per heavy atom. The number of thiocarbonyl (C=S) groups is 1. The summed E-state index contributed by atoms with van der Waals surface area (Å²) in [5.41, 5.74) is 1.21. The van der Waals surface area contributed by atoms with Gasteiger partial charge in [-0.05, 0) is 64.4 Å². The first-order valence-electron chi connectivity index (χ1n) is 9.31. The maximum atomic E-state index is 12.5. The molecule has 0 atom stereocenters. The van der Waals surface area contributed by atoms with E-state index in [0.717, 1.165) is 18.4 Å². The summed E-state index contributed by atoms with van der Waals surface area (Å²) in [5, 5.41) is 6.31. The van der Waals surface area contributed by atoms with Crippen molar-refractivity contribution in [2.24, 2.45) is 0 Å². The van der Waals surface area contributed by atoms with Crippen LogP contribution in [0.1, 0.15) is 35.7 Å². The van der Waals surface area contributed by atoms with Crippen LogP contribution in [-0.4, -0.2) is 31.8 Å². The summed E-state index contributed by atoms with van der Waals surface area (Å²) in [6.07, 6.45) is 2.02. The lowest BCUT2D eigenvalue weighted by atomic mass is 10.2. The predicted octanol–water partition coefficient (Wildman–Crippen LogP) is 5.10. The van der Waals surface area contributed by atoms with Crippen molar-refractivity contribution in [3.8, 4) is 17.2 Å². The first-order valence-corrected chi connectivity index (χ1v) is 10.9. The van der Waals surface area contributed by atoms with E-state index in [1.54, 1.807) is 44.6 Å². The maximum absolute atomic E-state index is 12.5. The van der Waals surface area contributed by atoms with Crippen LogP contribution in [-0.2, 0) is 6.54 Å². The lowest BCUT2D eigenvalue weighted by molar-refractivity contribution is 0.0976. The molecule has 0 saturated heterocycles. The number of halogens is 2. The standard InChI is InChI=1S/C21H24BrClN2O4S/c1-4-5-8-29-17-7-6-13(9-15(17)22)20(26)25-21(30)24-12-14-10-18(27-2)19(28-3)11-16(14)23/h6-7,9-11H,4-5,8,12H2,1-3H3,(H2,24,25,26,30). The smallest absolute Gasteiger partial charge is 0.257 e. The average molecular weight is 516 g/mol. The molecule has 0 aromatic heterocycles. The second-order valence-corrected chi connectivity index (χ2v) is 7.95. The highest BCUT2D eigenvalue weighted by Crippen LogP contribution is 2.33. The molecule has 0 aliphatic rings. The Labute approximate surface area is 195 Å².